The van der Waals surface area contributed by atoms with Crippen LogP contribution >= 0.6 is 11.6 Å². The molecule has 0 radical (unpaired) electrons. The van der Waals surface area contributed by atoms with E-state index in [9.17, 15) is 9.59 Å². The van der Waals surface area contributed by atoms with Gasteiger partial charge in [-0.15, -0.1) is 0 Å². The van der Waals surface area contributed by atoms with Crippen LogP contribution < -0.4 is 10.1 Å². The second-order valence-electron chi connectivity index (χ2n) is 5.98. The molecular weight excluding hydrogens is 342 g/mol. The van der Waals surface area contributed by atoms with E-state index in [2.05, 4.69) is 5.32 Å². The van der Waals surface area contributed by atoms with Crippen LogP contribution in [0.1, 0.15) is 41.3 Å². The highest BCUT2D eigenvalue weighted by molar-refractivity contribution is 6.31. The quantitative estimate of drug-likeness (QED) is 0.795. The fraction of sp³-hybridized carbons (Fsp3) is 0.263. The number of aromatic carboxylic acids is 1. The molecule has 132 valence electrons. The number of benzene rings is 2. The van der Waals surface area contributed by atoms with Gasteiger partial charge in [0.15, 0.2) is 6.61 Å². The molecule has 25 heavy (non-hydrogen) atoms. The van der Waals surface area contributed by atoms with Gasteiger partial charge in [-0.1, -0.05) is 37.6 Å². The fourth-order valence-corrected chi connectivity index (χ4v) is 2.53. The van der Waals surface area contributed by atoms with Gasteiger partial charge in [0.25, 0.3) is 5.91 Å². The molecule has 0 bridgehead atoms. The Morgan fingerprint density at radius 1 is 1.24 bits per heavy atom. The third kappa shape index (κ3) is 4.73. The second-order valence-corrected chi connectivity index (χ2v) is 6.39. The normalized spacial score (nSPS) is 10.6. The molecule has 0 saturated heterocycles. The van der Waals surface area contributed by atoms with Crippen molar-refractivity contribution >= 4 is 29.2 Å². The summed E-state index contributed by atoms with van der Waals surface area (Å²) in [6, 6.07) is 9.86. The maximum Gasteiger partial charge on any atom is 0.337 e. The average molecular weight is 362 g/mol. The van der Waals surface area contributed by atoms with E-state index in [-0.39, 0.29) is 23.8 Å². The lowest BCUT2D eigenvalue weighted by molar-refractivity contribution is -0.118. The maximum absolute atomic E-state index is 12.1. The topological polar surface area (TPSA) is 75.6 Å². The Hall–Kier alpha value is -2.53. The number of anilines is 1. The van der Waals surface area contributed by atoms with Crippen LogP contribution in [-0.2, 0) is 4.79 Å². The van der Waals surface area contributed by atoms with Crippen LogP contribution in [0.4, 0.5) is 5.69 Å². The summed E-state index contributed by atoms with van der Waals surface area (Å²) in [6.45, 7) is 5.66. The fourth-order valence-electron chi connectivity index (χ4n) is 2.35. The van der Waals surface area contributed by atoms with E-state index in [1.54, 1.807) is 18.2 Å². The van der Waals surface area contributed by atoms with Gasteiger partial charge >= 0.3 is 5.97 Å². The first-order valence-electron chi connectivity index (χ1n) is 7.84. The summed E-state index contributed by atoms with van der Waals surface area (Å²) >= 11 is 6.16. The van der Waals surface area contributed by atoms with Crippen LogP contribution in [0.2, 0.25) is 5.02 Å². The molecule has 0 aliphatic carbocycles. The number of hydrogen-bond donors (Lipinski definition) is 2. The van der Waals surface area contributed by atoms with Crippen LogP contribution in [0.15, 0.2) is 36.4 Å². The van der Waals surface area contributed by atoms with Gasteiger partial charge < -0.3 is 15.2 Å². The molecule has 2 rings (SSSR count). The summed E-state index contributed by atoms with van der Waals surface area (Å²) in [5.74, 6) is -0.759. The number of carbonyl (C=O) groups excluding carboxylic acids is 1. The summed E-state index contributed by atoms with van der Waals surface area (Å²) in [5.41, 5.74) is 2.04. The second kappa shape index (κ2) is 8.03. The van der Waals surface area contributed by atoms with Crippen LogP contribution in [0, 0.1) is 6.92 Å². The molecule has 0 aliphatic rings. The molecule has 6 heteroatoms. The van der Waals surface area contributed by atoms with E-state index in [1.807, 2.05) is 26.8 Å². The number of carboxylic acids is 1. The Morgan fingerprint density at radius 3 is 2.56 bits per heavy atom. The van der Waals surface area contributed by atoms with Crippen LogP contribution in [0.5, 0.6) is 5.75 Å². The van der Waals surface area contributed by atoms with Crippen molar-refractivity contribution in [3.63, 3.8) is 0 Å². The SMILES string of the molecule is Cc1cc(OCC(=O)Nc2ccccc2C(=O)O)c(C(C)C)cc1Cl. The predicted molar refractivity (Wildman–Crippen MR) is 97.8 cm³/mol. The molecule has 0 fully saturated rings. The van der Waals surface area contributed by atoms with Gasteiger partial charge in [-0.3, -0.25) is 4.79 Å². The van der Waals surface area contributed by atoms with Gasteiger partial charge in [-0.05, 0) is 48.2 Å². The van der Waals surface area contributed by atoms with Gasteiger partial charge in [-0.2, -0.15) is 0 Å². The minimum absolute atomic E-state index is 0.0288. The zero-order valence-electron chi connectivity index (χ0n) is 14.3. The summed E-state index contributed by atoms with van der Waals surface area (Å²) < 4.78 is 5.65. The van der Waals surface area contributed by atoms with Crippen molar-refractivity contribution in [2.75, 3.05) is 11.9 Å². The number of para-hydroxylation sites is 1. The van der Waals surface area contributed by atoms with E-state index < -0.39 is 11.9 Å². The van der Waals surface area contributed by atoms with Gasteiger partial charge in [0.1, 0.15) is 5.75 Å². The zero-order valence-corrected chi connectivity index (χ0v) is 15.1. The highest BCUT2D eigenvalue weighted by Crippen LogP contribution is 2.32. The molecule has 0 atom stereocenters. The average Bonchev–Trinajstić information content (AvgIpc) is 2.55. The molecule has 0 aromatic heterocycles. The monoisotopic (exact) mass is 361 g/mol. The number of aryl methyl sites for hydroxylation is 1. The number of carbonyl (C=O) groups is 2. The molecule has 1 amide bonds. The van der Waals surface area contributed by atoms with Crippen molar-refractivity contribution in [3.8, 4) is 5.75 Å². The van der Waals surface area contributed by atoms with E-state index in [1.165, 1.54) is 12.1 Å². The smallest absolute Gasteiger partial charge is 0.337 e. The first-order chi connectivity index (χ1) is 11.8. The third-order valence-electron chi connectivity index (χ3n) is 3.70. The molecule has 0 aliphatic heterocycles. The number of carboxylic acid groups (broad SMARTS) is 1. The van der Waals surface area contributed by atoms with Crippen molar-refractivity contribution in [2.45, 2.75) is 26.7 Å². The van der Waals surface area contributed by atoms with Crippen LogP contribution in [0.25, 0.3) is 0 Å². The Kier molecular flexibility index (Phi) is 6.04. The maximum atomic E-state index is 12.1. The number of nitrogens with one attached hydrogen (secondary N) is 1. The lowest BCUT2D eigenvalue weighted by atomic mass is 10.0. The van der Waals surface area contributed by atoms with Gasteiger partial charge in [0.05, 0.1) is 11.3 Å². The van der Waals surface area contributed by atoms with Crippen molar-refractivity contribution < 1.29 is 19.4 Å². The first-order valence-corrected chi connectivity index (χ1v) is 8.22. The number of hydrogen-bond acceptors (Lipinski definition) is 3. The molecule has 2 aromatic rings. The van der Waals surface area contributed by atoms with Crippen LogP contribution in [-0.4, -0.2) is 23.6 Å². The lowest BCUT2D eigenvalue weighted by Gasteiger charge is -2.16. The van der Waals surface area contributed by atoms with E-state index in [0.29, 0.717) is 10.8 Å². The Balaban J connectivity index is 2.11. The Morgan fingerprint density at radius 2 is 1.92 bits per heavy atom. The highest BCUT2D eigenvalue weighted by atomic mass is 35.5. The third-order valence-corrected chi connectivity index (χ3v) is 4.11. The first kappa shape index (κ1) is 18.8. The summed E-state index contributed by atoms with van der Waals surface area (Å²) in [5, 5.41) is 12.4. The Labute approximate surface area is 151 Å². The van der Waals surface area contributed by atoms with Crippen molar-refractivity contribution in [1.82, 2.24) is 0 Å². The van der Waals surface area contributed by atoms with E-state index in [4.69, 9.17) is 21.4 Å². The lowest BCUT2D eigenvalue weighted by Crippen LogP contribution is -2.22. The number of rotatable bonds is 6. The molecule has 0 unspecified atom stereocenters. The van der Waals surface area contributed by atoms with Gasteiger partial charge in [-0.25, -0.2) is 4.79 Å². The van der Waals surface area contributed by atoms with Crippen molar-refractivity contribution in [3.05, 3.63) is 58.1 Å². The highest BCUT2D eigenvalue weighted by Gasteiger charge is 2.15. The molecule has 2 N–H and O–H groups in total. The molecule has 5 nitrogen and oxygen atoms in total. The molecule has 0 heterocycles. The number of ether oxygens (including phenoxy) is 1. The summed E-state index contributed by atoms with van der Waals surface area (Å²) in [7, 11) is 0. The Bertz CT molecular complexity index is 802. The number of amides is 1. The van der Waals surface area contributed by atoms with E-state index in [0.717, 1.165) is 11.1 Å². The van der Waals surface area contributed by atoms with Gasteiger partial charge in [0.2, 0.25) is 0 Å². The molecular formula is C19H20ClNO4. The summed E-state index contributed by atoms with van der Waals surface area (Å²) in [4.78, 5) is 23.3. The van der Waals surface area contributed by atoms with Crippen molar-refractivity contribution in [2.24, 2.45) is 0 Å². The van der Waals surface area contributed by atoms with Crippen LogP contribution in [0.3, 0.4) is 0 Å². The minimum Gasteiger partial charge on any atom is -0.483 e. The molecule has 2 aromatic carbocycles. The molecule has 0 saturated carbocycles. The van der Waals surface area contributed by atoms with Crippen molar-refractivity contribution in [1.29, 1.82) is 0 Å². The van der Waals surface area contributed by atoms with Gasteiger partial charge in [0, 0.05) is 5.02 Å². The largest absolute Gasteiger partial charge is 0.483 e. The number of halogens is 1. The van der Waals surface area contributed by atoms with E-state index >= 15 is 0 Å². The predicted octanol–water partition coefficient (Wildman–Crippen LogP) is 4.49. The zero-order chi connectivity index (χ0) is 18.6. The summed E-state index contributed by atoms with van der Waals surface area (Å²) in [6.07, 6.45) is 0. The molecule has 0 spiro atoms. The standard InChI is InChI=1S/C19H20ClNO4/c1-11(2)14-9-15(20)12(3)8-17(14)25-10-18(22)21-16-7-5-4-6-13(16)19(23)24/h4-9,11H,10H2,1-3H3,(H,21,22)(H,23,24). The minimum atomic E-state index is -1.10.